The maximum absolute atomic E-state index is 10.4. The highest BCUT2D eigenvalue weighted by Crippen LogP contribution is 2.22. The number of carbonyl (C=O) groups is 1. The molecule has 64 valence electrons. The second-order valence-corrected chi connectivity index (χ2v) is 3.31. The summed E-state index contributed by atoms with van der Waals surface area (Å²) in [5, 5.41) is 3.41. The zero-order valence-corrected chi connectivity index (χ0v) is 7.18. The first-order valence-corrected chi connectivity index (χ1v) is 4.55. The molecule has 11 heavy (non-hydrogen) atoms. The van der Waals surface area contributed by atoms with Crippen LogP contribution in [0.4, 0.5) is 0 Å². The molecule has 1 aliphatic carbocycles. The smallest absolute Gasteiger partial charge is 0.123 e. The van der Waals surface area contributed by atoms with Gasteiger partial charge in [0.2, 0.25) is 0 Å². The van der Waals surface area contributed by atoms with Crippen LogP contribution < -0.4 is 5.32 Å². The molecule has 0 aromatic heterocycles. The van der Waals surface area contributed by atoms with Gasteiger partial charge in [0, 0.05) is 12.0 Å². The molecule has 0 spiro atoms. The number of rotatable bonds is 3. The summed E-state index contributed by atoms with van der Waals surface area (Å²) in [6.45, 7) is 3.18. The van der Waals surface area contributed by atoms with Crippen LogP contribution >= 0.6 is 0 Å². The summed E-state index contributed by atoms with van der Waals surface area (Å²) in [5.74, 6) is 0.352. The van der Waals surface area contributed by atoms with Gasteiger partial charge in [0.05, 0.1) is 0 Å². The van der Waals surface area contributed by atoms with Crippen LogP contribution in [0.15, 0.2) is 0 Å². The van der Waals surface area contributed by atoms with E-state index in [9.17, 15) is 4.79 Å². The summed E-state index contributed by atoms with van der Waals surface area (Å²) in [6, 6.07) is 0.677. The maximum Gasteiger partial charge on any atom is 0.123 e. The van der Waals surface area contributed by atoms with Crippen LogP contribution in [0.3, 0.4) is 0 Å². The van der Waals surface area contributed by atoms with Gasteiger partial charge in [-0.1, -0.05) is 6.92 Å². The van der Waals surface area contributed by atoms with Gasteiger partial charge >= 0.3 is 0 Å². The van der Waals surface area contributed by atoms with Crippen molar-refractivity contribution in [3.8, 4) is 0 Å². The molecular formula is C9H17NO. The predicted octanol–water partition coefficient (Wildman–Crippen LogP) is 1.35. The van der Waals surface area contributed by atoms with Crippen molar-refractivity contribution in [2.45, 2.75) is 38.6 Å². The SMILES string of the molecule is CCNC1CCC(C=O)CC1. The van der Waals surface area contributed by atoms with Gasteiger partial charge < -0.3 is 10.1 Å². The van der Waals surface area contributed by atoms with Crippen LogP contribution in [0.5, 0.6) is 0 Å². The standard InChI is InChI=1S/C9H17NO/c1-2-10-9-5-3-8(7-11)4-6-9/h7-10H,2-6H2,1H3. The second kappa shape index (κ2) is 4.50. The highest BCUT2D eigenvalue weighted by Gasteiger charge is 2.19. The average Bonchev–Trinajstić information content (AvgIpc) is 2.07. The normalized spacial score (nSPS) is 31.7. The van der Waals surface area contributed by atoms with Crippen molar-refractivity contribution in [2.75, 3.05) is 6.54 Å². The second-order valence-electron chi connectivity index (χ2n) is 3.31. The average molecular weight is 155 g/mol. The van der Waals surface area contributed by atoms with Crippen molar-refractivity contribution in [3.05, 3.63) is 0 Å². The molecule has 1 saturated carbocycles. The molecule has 0 unspecified atom stereocenters. The number of nitrogens with one attached hydrogen (secondary N) is 1. The van der Waals surface area contributed by atoms with E-state index in [0.29, 0.717) is 12.0 Å². The summed E-state index contributed by atoms with van der Waals surface area (Å²) in [5.41, 5.74) is 0. The molecule has 0 saturated heterocycles. The third-order valence-corrected chi connectivity index (χ3v) is 2.46. The number of aldehydes is 1. The van der Waals surface area contributed by atoms with Crippen LogP contribution in [-0.2, 0) is 4.79 Å². The summed E-state index contributed by atoms with van der Waals surface area (Å²) in [7, 11) is 0. The van der Waals surface area contributed by atoms with Crippen LogP contribution in [0, 0.1) is 5.92 Å². The lowest BCUT2D eigenvalue weighted by Crippen LogP contribution is -2.33. The van der Waals surface area contributed by atoms with E-state index < -0.39 is 0 Å². The molecule has 1 rings (SSSR count). The van der Waals surface area contributed by atoms with E-state index in [-0.39, 0.29) is 0 Å². The quantitative estimate of drug-likeness (QED) is 0.623. The van der Waals surface area contributed by atoms with Crippen molar-refractivity contribution in [3.63, 3.8) is 0 Å². The Morgan fingerprint density at radius 1 is 1.36 bits per heavy atom. The molecule has 2 heteroatoms. The van der Waals surface area contributed by atoms with Gasteiger partial charge in [-0.3, -0.25) is 0 Å². The molecule has 0 amide bonds. The highest BCUT2D eigenvalue weighted by molar-refractivity contribution is 5.53. The van der Waals surface area contributed by atoms with Gasteiger partial charge in [0.1, 0.15) is 6.29 Å². The van der Waals surface area contributed by atoms with E-state index in [4.69, 9.17) is 0 Å². The van der Waals surface area contributed by atoms with Crippen molar-refractivity contribution in [1.29, 1.82) is 0 Å². The van der Waals surface area contributed by atoms with Gasteiger partial charge in [-0.15, -0.1) is 0 Å². The molecule has 0 atom stereocenters. The van der Waals surface area contributed by atoms with Gasteiger partial charge in [0.25, 0.3) is 0 Å². The Morgan fingerprint density at radius 2 is 2.00 bits per heavy atom. The van der Waals surface area contributed by atoms with E-state index in [0.717, 1.165) is 25.7 Å². The molecule has 0 aliphatic heterocycles. The Balaban J connectivity index is 2.18. The predicted molar refractivity (Wildman–Crippen MR) is 45.5 cm³/mol. The zero-order valence-electron chi connectivity index (χ0n) is 7.18. The van der Waals surface area contributed by atoms with Crippen molar-refractivity contribution >= 4 is 6.29 Å². The Labute approximate surface area is 68.4 Å². The summed E-state index contributed by atoms with van der Waals surface area (Å²) >= 11 is 0. The van der Waals surface area contributed by atoms with E-state index in [1.54, 1.807) is 0 Å². The van der Waals surface area contributed by atoms with Gasteiger partial charge in [-0.05, 0) is 32.2 Å². The number of hydrogen-bond donors (Lipinski definition) is 1. The molecule has 0 aromatic rings. The fourth-order valence-electron chi connectivity index (χ4n) is 1.75. The van der Waals surface area contributed by atoms with Crippen LogP contribution in [0.25, 0.3) is 0 Å². The monoisotopic (exact) mass is 155 g/mol. The van der Waals surface area contributed by atoms with E-state index in [2.05, 4.69) is 12.2 Å². The lowest BCUT2D eigenvalue weighted by atomic mass is 9.87. The molecule has 0 radical (unpaired) electrons. The molecule has 1 fully saturated rings. The van der Waals surface area contributed by atoms with Crippen molar-refractivity contribution < 1.29 is 4.79 Å². The summed E-state index contributed by atoms with van der Waals surface area (Å²) in [6.07, 6.45) is 5.64. The minimum atomic E-state index is 0.352. The molecule has 1 aliphatic rings. The zero-order chi connectivity index (χ0) is 8.10. The van der Waals surface area contributed by atoms with Gasteiger partial charge in [-0.2, -0.15) is 0 Å². The van der Waals surface area contributed by atoms with Crippen LogP contribution in [-0.4, -0.2) is 18.9 Å². The lowest BCUT2D eigenvalue weighted by molar-refractivity contribution is -0.111. The van der Waals surface area contributed by atoms with Crippen LogP contribution in [0.1, 0.15) is 32.6 Å². The summed E-state index contributed by atoms with van der Waals surface area (Å²) in [4.78, 5) is 10.4. The fraction of sp³-hybridized carbons (Fsp3) is 0.889. The minimum absolute atomic E-state index is 0.352. The minimum Gasteiger partial charge on any atom is -0.314 e. The first-order chi connectivity index (χ1) is 5.36. The number of carbonyl (C=O) groups excluding carboxylic acids is 1. The Morgan fingerprint density at radius 3 is 2.45 bits per heavy atom. The van der Waals surface area contributed by atoms with Gasteiger partial charge in [0.15, 0.2) is 0 Å². The lowest BCUT2D eigenvalue weighted by Gasteiger charge is -2.25. The van der Waals surface area contributed by atoms with E-state index >= 15 is 0 Å². The highest BCUT2D eigenvalue weighted by atomic mass is 16.1. The Hall–Kier alpha value is -0.370. The Kier molecular flexibility index (Phi) is 3.57. The largest absolute Gasteiger partial charge is 0.314 e. The summed E-state index contributed by atoms with van der Waals surface area (Å²) < 4.78 is 0. The topological polar surface area (TPSA) is 29.1 Å². The third-order valence-electron chi connectivity index (χ3n) is 2.46. The van der Waals surface area contributed by atoms with Crippen LogP contribution in [0.2, 0.25) is 0 Å². The third kappa shape index (κ3) is 2.62. The van der Waals surface area contributed by atoms with Crippen molar-refractivity contribution in [2.24, 2.45) is 5.92 Å². The molecule has 1 N–H and O–H groups in total. The molecule has 0 aromatic carbocycles. The fourth-order valence-corrected chi connectivity index (χ4v) is 1.75. The van der Waals surface area contributed by atoms with Gasteiger partial charge in [-0.25, -0.2) is 0 Å². The Bertz CT molecular complexity index is 117. The molecular weight excluding hydrogens is 138 g/mol. The molecule has 0 heterocycles. The van der Waals surface area contributed by atoms with E-state index in [1.807, 2.05) is 0 Å². The molecule has 0 bridgehead atoms. The first kappa shape index (κ1) is 8.72. The van der Waals surface area contributed by atoms with E-state index in [1.165, 1.54) is 12.8 Å². The maximum atomic E-state index is 10.4. The molecule has 2 nitrogen and oxygen atoms in total. The number of hydrogen-bond acceptors (Lipinski definition) is 2. The first-order valence-electron chi connectivity index (χ1n) is 4.55. The van der Waals surface area contributed by atoms with Crippen molar-refractivity contribution in [1.82, 2.24) is 5.32 Å².